The number of nitrogens with one attached hydrogen (secondary N) is 1. The smallest absolute Gasteiger partial charge is 0.259 e. The zero-order chi connectivity index (χ0) is 20.7. The van der Waals surface area contributed by atoms with E-state index >= 15 is 0 Å². The fourth-order valence-electron chi connectivity index (χ4n) is 2.39. The summed E-state index contributed by atoms with van der Waals surface area (Å²) in [6.45, 7) is 9.61. The van der Waals surface area contributed by atoms with E-state index in [1.807, 2.05) is 0 Å². The Kier molecular flexibility index (Phi) is 15.7. The topological polar surface area (TPSA) is 93.1 Å². The highest BCUT2D eigenvalue weighted by atomic mass is 31.2. The van der Waals surface area contributed by atoms with Gasteiger partial charge in [-0.1, -0.05) is 0 Å². The normalized spacial score (nSPS) is 12.8. The predicted octanol–water partition coefficient (Wildman–Crippen LogP) is 3.18. The number of hydrogen-bond donors (Lipinski definition) is 1. The second-order valence-electron chi connectivity index (χ2n) is 6.54. The lowest BCUT2D eigenvalue weighted by molar-refractivity contribution is -0.127. The van der Waals surface area contributed by atoms with Gasteiger partial charge in [-0.15, -0.1) is 0 Å². The van der Waals surface area contributed by atoms with Crippen LogP contribution in [0.1, 0.15) is 53.4 Å². The summed E-state index contributed by atoms with van der Waals surface area (Å²) in [7, 11) is 1.85. The molecule has 1 N–H and O–H groups in total. The number of nitrogens with zero attached hydrogens (tertiary/aromatic N) is 2. The molecule has 0 aliphatic heterocycles. The average molecular weight is 405 g/mol. The van der Waals surface area contributed by atoms with Crippen LogP contribution in [0.2, 0.25) is 0 Å². The number of carbonyl (C=O) groups is 1. The van der Waals surface area contributed by atoms with Crippen LogP contribution in [0.15, 0.2) is 0 Å². The molecule has 0 spiro atoms. The van der Waals surface area contributed by atoms with E-state index in [4.69, 9.17) is 23.8 Å². The second kappa shape index (κ2) is 16.2. The first kappa shape index (κ1) is 26.2. The molecule has 0 aromatic heterocycles. The molecule has 1 unspecified atom stereocenters. The van der Waals surface area contributed by atoms with Gasteiger partial charge in [0.2, 0.25) is 5.91 Å². The number of carbonyl (C=O) groups excluding carboxylic acids is 1. The van der Waals surface area contributed by atoms with Crippen LogP contribution in [0.3, 0.4) is 0 Å². The number of nitriles is 1. The number of ether oxygens (including phenoxy) is 2. The summed E-state index contributed by atoms with van der Waals surface area (Å²) in [6.07, 6.45) is 1.83. The van der Waals surface area contributed by atoms with Gasteiger partial charge in [-0.2, -0.15) is 5.26 Å². The number of amides is 1. The highest BCUT2D eigenvalue weighted by Gasteiger charge is 2.26. The molecule has 0 aliphatic carbocycles. The Morgan fingerprint density at radius 3 is 2.19 bits per heavy atom. The van der Waals surface area contributed by atoms with Gasteiger partial charge >= 0.3 is 0 Å². The van der Waals surface area contributed by atoms with Crippen molar-refractivity contribution in [2.45, 2.75) is 71.8 Å². The number of methoxy groups -OCH3 is 2. The Morgan fingerprint density at radius 2 is 1.67 bits per heavy atom. The van der Waals surface area contributed by atoms with Crippen LogP contribution in [-0.2, 0) is 23.3 Å². The van der Waals surface area contributed by atoms with Crippen LogP contribution in [0.25, 0.3) is 0 Å². The van der Waals surface area contributed by atoms with E-state index in [9.17, 15) is 4.79 Å². The summed E-state index contributed by atoms with van der Waals surface area (Å²) in [5, 5.41) is 11.5. The van der Waals surface area contributed by atoms with E-state index in [1.54, 1.807) is 0 Å². The lowest BCUT2D eigenvalue weighted by Crippen LogP contribution is -2.34. The maximum absolute atomic E-state index is 11.8. The monoisotopic (exact) mass is 405 g/mol. The second-order valence-corrected chi connectivity index (χ2v) is 8.00. The lowest BCUT2D eigenvalue weighted by atomic mass is 10.2. The first-order valence-electron chi connectivity index (χ1n) is 9.40. The van der Waals surface area contributed by atoms with Crippen molar-refractivity contribution in [1.29, 1.82) is 5.26 Å². The molecule has 27 heavy (non-hydrogen) atoms. The summed E-state index contributed by atoms with van der Waals surface area (Å²) in [6, 6.07) is 2.64. The minimum Gasteiger partial charge on any atom is -0.354 e. The fraction of sp³-hybridized carbons (Fsp3) is 0.889. The Hall–Kier alpha value is -0.810. The largest absolute Gasteiger partial charge is 0.354 e. The minimum absolute atomic E-state index is 0.0346. The van der Waals surface area contributed by atoms with Gasteiger partial charge in [-0.05, 0) is 40.5 Å². The molecule has 0 saturated heterocycles. The van der Waals surface area contributed by atoms with Crippen LogP contribution >= 0.6 is 8.53 Å². The average Bonchev–Trinajstić information content (AvgIpc) is 2.61. The first-order chi connectivity index (χ1) is 12.9. The summed E-state index contributed by atoms with van der Waals surface area (Å²) in [5.41, 5.74) is 0. The summed E-state index contributed by atoms with van der Waals surface area (Å²) >= 11 is 0. The van der Waals surface area contributed by atoms with Crippen LogP contribution < -0.4 is 5.32 Å². The molecule has 0 aromatic rings. The van der Waals surface area contributed by atoms with Gasteiger partial charge in [0.05, 0.1) is 32.2 Å². The van der Waals surface area contributed by atoms with Crippen molar-refractivity contribution in [3.05, 3.63) is 0 Å². The molecular formula is C18H36N3O5P. The van der Waals surface area contributed by atoms with E-state index in [-0.39, 0.29) is 18.0 Å². The van der Waals surface area contributed by atoms with Crippen LogP contribution in [-0.4, -0.2) is 62.9 Å². The van der Waals surface area contributed by atoms with Gasteiger partial charge in [-0.25, -0.2) is 4.67 Å². The maximum atomic E-state index is 11.8. The van der Waals surface area contributed by atoms with Crippen LogP contribution in [0, 0.1) is 11.3 Å². The predicted molar refractivity (Wildman–Crippen MR) is 106 cm³/mol. The van der Waals surface area contributed by atoms with E-state index < -0.39 is 14.8 Å². The lowest BCUT2D eigenvalue weighted by Gasteiger charge is -2.35. The van der Waals surface area contributed by atoms with Crippen LogP contribution in [0.5, 0.6) is 0 Å². The fourth-order valence-corrected chi connectivity index (χ4v) is 4.02. The third-order valence-electron chi connectivity index (χ3n) is 3.65. The van der Waals surface area contributed by atoms with Gasteiger partial charge < -0.3 is 23.8 Å². The van der Waals surface area contributed by atoms with Crippen molar-refractivity contribution in [3.8, 4) is 6.07 Å². The molecule has 1 amide bonds. The number of unbranched alkanes of at least 4 members (excludes halogenated alkanes) is 1. The SMILES string of the molecule is COC(CNC(=O)CCCCOP(OCCC#N)N(C(C)C)C(C)C)OC. The van der Waals surface area contributed by atoms with Crippen molar-refractivity contribution in [1.82, 2.24) is 9.99 Å². The molecule has 8 nitrogen and oxygen atoms in total. The summed E-state index contributed by atoms with van der Waals surface area (Å²) < 4.78 is 24.0. The quantitative estimate of drug-likeness (QED) is 0.239. The Bertz CT molecular complexity index is 420. The summed E-state index contributed by atoms with van der Waals surface area (Å²) in [4.78, 5) is 11.8. The first-order valence-corrected chi connectivity index (χ1v) is 10.5. The molecular weight excluding hydrogens is 369 g/mol. The molecule has 0 rings (SSSR count). The third-order valence-corrected chi connectivity index (χ3v) is 5.76. The van der Waals surface area contributed by atoms with Crippen molar-refractivity contribution < 1.29 is 23.3 Å². The molecule has 0 heterocycles. The molecule has 0 fully saturated rings. The molecule has 9 heteroatoms. The Labute approximate surface area is 165 Å². The zero-order valence-corrected chi connectivity index (χ0v) is 18.5. The standard InChI is InChI=1S/C18H36N3O5P/c1-15(2)21(16(3)4)27(26-13-9-11-19)25-12-8-7-10-17(22)20-14-18(23-5)24-6/h15-16,18H,7-10,12-14H2,1-6H3,(H,20,22). The molecule has 0 bridgehead atoms. The Morgan fingerprint density at radius 1 is 1.07 bits per heavy atom. The van der Waals surface area contributed by atoms with Crippen molar-refractivity contribution in [3.63, 3.8) is 0 Å². The van der Waals surface area contributed by atoms with E-state index in [0.717, 1.165) is 12.8 Å². The molecule has 0 radical (unpaired) electrons. The highest BCUT2D eigenvalue weighted by Crippen LogP contribution is 2.46. The van der Waals surface area contributed by atoms with E-state index in [2.05, 4.69) is 43.8 Å². The van der Waals surface area contributed by atoms with Crippen LogP contribution in [0.4, 0.5) is 0 Å². The van der Waals surface area contributed by atoms with Crippen molar-refractivity contribution in [2.75, 3.05) is 34.0 Å². The van der Waals surface area contributed by atoms with Gasteiger partial charge in [0.25, 0.3) is 8.53 Å². The molecule has 0 aromatic carbocycles. The minimum atomic E-state index is -1.22. The zero-order valence-electron chi connectivity index (χ0n) is 17.6. The summed E-state index contributed by atoms with van der Waals surface area (Å²) in [5.74, 6) is -0.0346. The maximum Gasteiger partial charge on any atom is 0.259 e. The number of rotatable bonds is 16. The molecule has 0 aliphatic rings. The van der Waals surface area contributed by atoms with Crippen molar-refractivity contribution in [2.24, 2.45) is 0 Å². The third kappa shape index (κ3) is 12.3. The van der Waals surface area contributed by atoms with Crippen molar-refractivity contribution >= 4 is 14.4 Å². The van der Waals surface area contributed by atoms with E-state index in [1.165, 1.54) is 14.2 Å². The molecule has 1 atom stereocenters. The van der Waals surface area contributed by atoms with Gasteiger partial charge in [-0.3, -0.25) is 4.79 Å². The number of hydrogen-bond acceptors (Lipinski definition) is 7. The van der Waals surface area contributed by atoms with Gasteiger partial charge in [0.15, 0.2) is 6.29 Å². The van der Waals surface area contributed by atoms with E-state index in [0.29, 0.717) is 32.6 Å². The Balaban J connectivity index is 4.24. The highest BCUT2D eigenvalue weighted by molar-refractivity contribution is 7.44. The van der Waals surface area contributed by atoms with Gasteiger partial charge in [0, 0.05) is 32.7 Å². The van der Waals surface area contributed by atoms with Gasteiger partial charge in [0.1, 0.15) is 0 Å². The molecule has 158 valence electrons. The molecule has 0 saturated carbocycles.